The Morgan fingerprint density at radius 1 is 1.47 bits per heavy atom. The molecule has 1 aliphatic rings. The molecular formula is C10H9Cl2FO2. The second kappa shape index (κ2) is 4.66. The molecule has 2 unspecified atom stereocenters. The third-order valence-electron chi connectivity index (χ3n) is 2.16. The lowest BCUT2D eigenvalue weighted by Gasteiger charge is -2.11. The quantitative estimate of drug-likeness (QED) is 0.752. The third-order valence-corrected chi connectivity index (χ3v) is 2.79. The van der Waals surface area contributed by atoms with Crippen molar-refractivity contribution in [3.05, 3.63) is 34.6 Å². The Labute approximate surface area is 96.9 Å². The van der Waals surface area contributed by atoms with Crippen molar-refractivity contribution < 1.29 is 13.9 Å². The molecule has 1 fully saturated rings. The van der Waals surface area contributed by atoms with E-state index in [9.17, 15) is 4.39 Å². The maximum Gasteiger partial charge on any atom is 0.187 e. The Bertz CT molecular complexity index is 359. The zero-order chi connectivity index (χ0) is 10.8. The molecule has 1 aliphatic heterocycles. The van der Waals surface area contributed by atoms with Gasteiger partial charge in [-0.25, -0.2) is 4.39 Å². The van der Waals surface area contributed by atoms with Gasteiger partial charge in [0.05, 0.1) is 23.6 Å². The fraction of sp³-hybridized carbons (Fsp3) is 0.400. The van der Waals surface area contributed by atoms with Crippen molar-refractivity contribution in [2.24, 2.45) is 0 Å². The van der Waals surface area contributed by atoms with Crippen LogP contribution in [0.3, 0.4) is 0 Å². The average molecular weight is 251 g/mol. The molecular weight excluding hydrogens is 242 g/mol. The van der Waals surface area contributed by atoms with E-state index in [1.54, 1.807) is 12.1 Å². The SMILES string of the molecule is Fc1c(Cl)cccc1C1OCC(CCl)O1. The van der Waals surface area contributed by atoms with Gasteiger partial charge in [0, 0.05) is 5.56 Å². The maximum absolute atomic E-state index is 13.6. The molecule has 0 spiro atoms. The van der Waals surface area contributed by atoms with Gasteiger partial charge in [-0.15, -0.1) is 11.6 Å². The molecule has 82 valence electrons. The van der Waals surface area contributed by atoms with Gasteiger partial charge in [0.2, 0.25) is 0 Å². The van der Waals surface area contributed by atoms with Crippen LogP contribution in [-0.2, 0) is 9.47 Å². The first-order valence-electron chi connectivity index (χ1n) is 4.49. The zero-order valence-corrected chi connectivity index (χ0v) is 9.26. The van der Waals surface area contributed by atoms with Crippen LogP contribution in [0.25, 0.3) is 0 Å². The number of hydrogen-bond donors (Lipinski definition) is 0. The van der Waals surface area contributed by atoms with E-state index in [2.05, 4.69) is 0 Å². The van der Waals surface area contributed by atoms with E-state index in [1.165, 1.54) is 6.07 Å². The summed E-state index contributed by atoms with van der Waals surface area (Å²) in [5, 5.41) is 0.0639. The number of rotatable bonds is 2. The predicted octanol–water partition coefficient (Wildman–Crippen LogP) is 3.13. The molecule has 1 heterocycles. The van der Waals surface area contributed by atoms with Crippen LogP contribution in [0.4, 0.5) is 4.39 Å². The minimum Gasteiger partial charge on any atom is -0.346 e. The number of ether oxygens (including phenoxy) is 2. The summed E-state index contributed by atoms with van der Waals surface area (Å²) >= 11 is 11.3. The summed E-state index contributed by atoms with van der Waals surface area (Å²) in [7, 11) is 0. The highest BCUT2D eigenvalue weighted by Crippen LogP contribution is 2.31. The minimum absolute atomic E-state index is 0.0639. The molecule has 0 aliphatic carbocycles. The van der Waals surface area contributed by atoms with Crippen molar-refractivity contribution in [1.29, 1.82) is 0 Å². The highest BCUT2D eigenvalue weighted by atomic mass is 35.5. The summed E-state index contributed by atoms with van der Waals surface area (Å²) < 4.78 is 24.2. The van der Waals surface area contributed by atoms with Crippen molar-refractivity contribution in [1.82, 2.24) is 0 Å². The van der Waals surface area contributed by atoms with Gasteiger partial charge in [-0.3, -0.25) is 0 Å². The Balaban J connectivity index is 2.20. The van der Waals surface area contributed by atoms with Gasteiger partial charge in [-0.05, 0) is 6.07 Å². The molecule has 0 saturated carbocycles. The Morgan fingerprint density at radius 2 is 2.27 bits per heavy atom. The van der Waals surface area contributed by atoms with Crippen LogP contribution < -0.4 is 0 Å². The molecule has 0 amide bonds. The second-order valence-corrected chi connectivity index (χ2v) is 3.94. The van der Waals surface area contributed by atoms with Crippen molar-refractivity contribution in [3.63, 3.8) is 0 Å². The lowest BCUT2D eigenvalue weighted by atomic mass is 10.2. The molecule has 5 heteroatoms. The van der Waals surface area contributed by atoms with Crippen molar-refractivity contribution in [3.8, 4) is 0 Å². The number of alkyl halides is 1. The summed E-state index contributed by atoms with van der Waals surface area (Å²) in [6.45, 7) is 0.375. The summed E-state index contributed by atoms with van der Waals surface area (Å²) in [6, 6.07) is 4.72. The van der Waals surface area contributed by atoms with Crippen molar-refractivity contribution in [2.75, 3.05) is 12.5 Å². The first-order valence-corrected chi connectivity index (χ1v) is 5.40. The Morgan fingerprint density at radius 3 is 2.93 bits per heavy atom. The van der Waals surface area contributed by atoms with E-state index >= 15 is 0 Å². The molecule has 1 saturated heterocycles. The van der Waals surface area contributed by atoms with Crippen LogP contribution >= 0.6 is 23.2 Å². The summed E-state index contributed by atoms with van der Waals surface area (Å²) in [4.78, 5) is 0. The summed E-state index contributed by atoms with van der Waals surface area (Å²) in [6.07, 6.45) is -0.887. The monoisotopic (exact) mass is 250 g/mol. The second-order valence-electron chi connectivity index (χ2n) is 3.22. The van der Waals surface area contributed by atoms with E-state index in [0.29, 0.717) is 18.1 Å². The third kappa shape index (κ3) is 2.26. The van der Waals surface area contributed by atoms with Crippen LogP contribution in [-0.4, -0.2) is 18.6 Å². The van der Waals surface area contributed by atoms with Crippen LogP contribution in [0.2, 0.25) is 5.02 Å². The van der Waals surface area contributed by atoms with Crippen LogP contribution in [0.15, 0.2) is 18.2 Å². The van der Waals surface area contributed by atoms with Gasteiger partial charge in [-0.1, -0.05) is 23.7 Å². The molecule has 2 rings (SSSR count). The maximum atomic E-state index is 13.6. The van der Waals surface area contributed by atoms with Gasteiger partial charge < -0.3 is 9.47 Å². The van der Waals surface area contributed by atoms with E-state index in [1.807, 2.05) is 0 Å². The molecule has 2 atom stereocenters. The van der Waals surface area contributed by atoms with E-state index in [4.69, 9.17) is 32.7 Å². The Hall–Kier alpha value is -0.350. The van der Waals surface area contributed by atoms with Gasteiger partial charge >= 0.3 is 0 Å². The molecule has 15 heavy (non-hydrogen) atoms. The topological polar surface area (TPSA) is 18.5 Å². The number of benzene rings is 1. The summed E-state index contributed by atoms with van der Waals surface area (Å²) in [5.74, 6) is -0.169. The fourth-order valence-electron chi connectivity index (χ4n) is 1.39. The fourth-order valence-corrected chi connectivity index (χ4v) is 1.74. The lowest BCUT2D eigenvalue weighted by Crippen LogP contribution is -2.11. The van der Waals surface area contributed by atoms with Crippen LogP contribution in [0.5, 0.6) is 0 Å². The number of halogens is 3. The standard InChI is InChI=1S/C10H9Cl2FO2/c11-4-6-5-14-10(15-6)7-2-1-3-8(12)9(7)13/h1-3,6,10H,4-5H2. The van der Waals surface area contributed by atoms with Crippen molar-refractivity contribution in [2.45, 2.75) is 12.4 Å². The van der Waals surface area contributed by atoms with Gasteiger partial charge in [0.15, 0.2) is 6.29 Å². The molecule has 0 radical (unpaired) electrons. The van der Waals surface area contributed by atoms with Gasteiger partial charge in [-0.2, -0.15) is 0 Å². The van der Waals surface area contributed by atoms with Gasteiger partial charge in [0.1, 0.15) is 5.82 Å². The average Bonchev–Trinajstić information content (AvgIpc) is 2.70. The molecule has 0 bridgehead atoms. The first-order chi connectivity index (χ1) is 7.22. The highest BCUT2D eigenvalue weighted by molar-refractivity contribution is 6.30. The Kier molecular flexibility index (Phi) is 3.46. The van der Waals surface area contributed by atoms with E-state index in [-0.39, 0.29) is 11.1 Å². The smallest absolute Gasteiger partial charge is 0.187 e. The molecule has 1 aromatic rings. The minimum atomic E-state index is -0.701. The van der Waals surface area contributed by atoms with E-state index in [0.717, 1.165) is 0 Å². The summed E-state index contributed by atoms with van der Waals surface area (Å²) in [5.41, 5.74) is 0.315. The molecule has 1 aromatic carbocycles. The largest absolute Gasteiger partial charge is 0.346 e. The zero-order valence-electron chi connectivity index (χ0n) is 7.75. The predicted molar refractivity (Wildman–Crippen MR) is 55.7 cm³/mol. The lowest BCUT2D eigenvalue weighted by molar-refractivity contribution is -0.0589. The van der Waals surface area contributed by atoms with Crippen LogP contribution in [0, 0.1) is 5.82 Å². The van der Waals surface area contributed by atoms with Crippen molar-refractivity contribution >= 4 is 23.2 Å². The van der Waals surface area contributed by atoms with Gasteiger partial charge in [0.25, 0.3) is 0 Å². The van der Waals surface area contributed by atoms with E-state index < -0.39 is 12.1 Å². The normalized spacial score (nSPS) is 25.8. The highest BCUT2D eigenvalue weighted by Gasteiger charge is 2.29. The molecule has 2 nitrogen and oxygen atoms in total. The first kappa shape index (κ1) is 11.1. The number of hydrogen-bond acceptors (Lipinski definition) is 2. The molecule has 0 aromatic heterocycles. The molecule has 0 N–H and O–H groups in total. The van der Waals surface area contributed by atoms with Crippen LogP contribution in [0.1, 0.15) is 11.9 Å².